The largest absolute Gasteiger partial charge is 0.372 e. The lowest BCUT2D eigenvalue weighted by molar-refractivity contribution is -0.120. The topological polar surface area (TPSA) is 52.7 Å². The first-order valence-electron chi connectivity index (χ1n) is 11.9. The predicted molar refractivity (Wildman–Crippen MR) is 138 cm³/mol. The van der Waals surface area contributed by atoms with Gasteiger partial charge in [-0.1, -0.05) is 42.5 Å². The molecule has 3 aromatic rings. The Bertz CT molecular complexity index is 1260. The minimum atomic E-state index is -0.335. The normalized spacial score (nSPS) is 16.4. The fourth-order valence-corrected chi connectivity index (χ4v) is 4.75. The van der Waals surface area contributed by atoms with Crippen LogP contribution in [0.2, 0.25) is 0 Å². The van der Waals surface area contributed by atoms with Crippen LogP contribution in [0.5, 0.6) is 0 Å². The number of hydrogen-bond donors (Lipinski definition) is 1. The molecule has 5 nitrogen and oxygen atoms in total. The maximum absolute atomic E-state index is 13.7. The molecule has 3 aromatic carbocycles. The van der Waals surface area contributed by atoms with Crippen LogP contribution in [-0.2, 0) is 9.59 Å². The number of benzene rings is 3. The van der Waals surface area contributed by atoms with Crippen molar-refractivity contribution >= 4 is 34.4 Å². The Kier molecular flexibility index (Phi) is 5.93. The molecule has 34 heavy (non-hydrogen) atoms. The second-order valence-electron chi connectivity index (χ2n) is 9.07. The van der Waals surface area contributed by atoms with Crippen molar-refractivity contribution in [1.29, 1.82) is 0 Å². The van der Waals surface area contributed by atoms with Crippen molar-refractivity contribution in [2.45, 2.75) is 33.1 Å². The molecule has 172 valence electrons. The van der Waals surface area contributed by atoms with Crippen LogP contribution in [-0.4, -0.2) is 24.9 Å². The third-order valence-electron chi connectivity index (χ3n) is 6.61. The Labute approximate surface area is 200 Å². The second-order valence-corrected chi connectivity index (χ2v) is 9.07. The molecule has 5 rings (SSSR count). The van der Waals surface area contributed by atoms with Gasteiger partial charge in [0.1, 0.15) is 5.70 Å². The number of nitrogens with one attached hydrogen (secondary N) is 1. The molecule has 0 spiro atoms. The molecule has 2 amide bonds. The van der Waals surface area contributed by atoms with Crippen molar-refractivity contribution in [2.24, 2.45) is 0 Å². The van der Waals surface area contributed by atoms with Crippen LogP contribution in [0, 0.1) is 13.8 Å². The zero-order chi connectivity index (χ0) is 23.7. The molecule has 5 heteroatoms. The van der Waals surface area contributed by atoms with E-state index in [-0.39, 0.29) is 11.8 Å². The number of piperidine rings is 1. The molecule has 2 heterocycles. The number of hydrogen-bond acceptors (Lipinski definition) is 4. The monoisotopic (exact) mass is 451 g/mol. The molecule has 0 aliphatic carbocycles. The summed E-state index contributed by atoms with van der Waals surface area (Å²) in [5, 5.41) is 3.28. The zero-order valence-electron chi connectivity index (χ0n) is 19.7. The minimum Gasteiger partial charge on any atom is -0.372 e. The molecule has 2 aliphatic rings. The lowest BCUT2D eigenvalue weighted by Gasteiger charge is -2.28. The van der Waals surface area contributed by atoms with Gasteiger partial charge in [0, 0.05) is 24.5 Å². The summed E-state index contributed by atoms with van der Waals surface area (Å²) in [5.74, 6) is -0.644. The molecule has 0 atom stereocenters. The Hall–Kier alpha value is -3.86. The van der Waals surface area contributed by atoms with Crippen molar-refractivity contribution in [3.63, 3.8) is 0 Å². The highest BCUT2D eigenvalue weighted by atomic mass is 16.2. The van der Waals surface area contributed by atoms with Crippen molar-refractivity contribution in [3.8, 4) is 0 Å². The molecule has 1 saturated heterocycles. The summed E-state index contributed by atoms with van der Waals surface area (Å²) in [6.45, 7) is 6.03. The summed E-state index contributed by atoms with van der Waals surface area (Å²) < 4.78 is 0. The van der Waals surface area contributed by atoms with Gasteiger partial charge >= 0.3 is 0 Å². The van der Waals surface area contributed by atoms with Gasteiger partial charge in [0.2, 0.25) is 0 Å². The molecule has 2 aliphatic heterocycles. The number of amides is 2. The van der Waals surface area contributed by atoms with Gasteiger partial charge in [0.05, 0.1) is 11.3 Å². The Morgan fingerprint density at radius 2 is 1.47 bits per heavy atom. The average molecular weight is 452 g/mol. The quantitative estimate of drug-likeness (QED) is 0.506. The van der Waals surface area contributed by atoms with E-state index in [1.165, 1.54) is 29.8 Å². The summed E-state index contributed by atoms with van der Waals surface area (Å²) in [6.07, 6.45) is 3.73. The van der Waals surface area contributed by atoms with Gasteiger partial charge in [-0.25, -0.2) is 4.90 Å². The maximum Gasteiger partial charge on any atom is 0.282 e. The fraction of sp³-hybridized carbons (Fsp3) is 0.241. The Balaban J connectivity index is 1.51. The third kappa shape index (κ3) is 4.10. The SMILES string of the molecule is Cc1ccc(C)c(N2C(=O)C(Nc3ccc(N4CCCCC4)cc3)=C(c3ccccc3)C2=O)c1. The highest BCUT2D eigenvalue weighted by molar-refractivity contribution is 6.46. The summed E-state index contributed by atoms with van der Waals surface area (Å²) >= 11 is 0. The number of anilines is 3. The first-order chi connectivity index (χ1) is 16.5. The first-order valence-corrected chi connectivity index (χ1v) is 11.9. The van der Waals surface area contributed by atoms with Gasteiger partial charge in [-0.2, -0.15) is 0 Å². The van der Waals surface area contributed by atoms with E-state index in [9.17, 15) is 9.59 Å². The third-order valence-corrected chi connectivity index (χ3v) is 6.61. The number of carbonyl (C=O) groups is 2. The summed E-state index contributed by atoms with van der Waals surface area (Å²) in [6, 6.07) is 23.4. The van der Waals surface area contributed by atoms with E-state index < -0.39 is 0 Å². The van der Waals surface area contributed by atoms with E-state index >= 15 is 0 Å². The van der Waals surface area contributed by atoms with Crippen LogP contribution < -0.4 is 15.1 Å². The van der Waals surface area contributed by atoms with Gasteiger partial charge in [0.15, 0.2) is 0 Å². The summed E-state index contributed by atoms with van der Waals surface area (Å²) in [5.41, 5.74) is 5.90. The van der Waals surface area contributed by atoms with Gasteiger partial charge in [-0.3, -0.25) is 9.59 Å². The summed E-state index contributed by atoms with van der Waals surface area (Å²) in [4.78, 5) is 31.0. The van der Waals surface area contributed by atoms with Crippen LogP contribution in [0.1, 0.15) is 36.0 Å². The number of imide groups is 1. The fourth-order valence-electron chi connectivity index (χ4n) is 4.75. The molecular formula is C29H29N3O2. The summed E-state index contributed by atoms with van der Waals surface area (Å²) in [7, 11) is 0. The van der Waals surface area contributed by atoms with E-state index in [2.05, 4.69) is 22.3 Å². The number of carbonyl (C=O) groups excluding carboxylic acids is 2. The van der Waals surface area contributed by atoms with E-state index in [0.29, 0.717) is 17.0 Å². The van der Waals surface area contributed by atoms with Crippen LogP contribution in [0.3, 0.4) is 0 Å². The van der Waals surface area contributed by atoms with Crippen molar-refractivity contribution in [2.75, 3.05) is 28.2 Å². The van der Waals surface area contributed by atoms with E-state index in [1.54, 1.807) is 0 Å². The molecule has 0 bridgehead atoms. The van der Waals surface area contributed by atoms with E-state index in [1.807, 2.05) is 74.5 Å². The van der Waals surface area contributed by atoms with Gasteiger partial charge in [-0.15, -0.1) is 0 Å². The van der Waals surface area contributed by atoms with Gasteiger partial charge in [0.25, 0.3) is 11.8 Å². The molecule has 1 N–H and O–H groups in total. The standard InChI is InChI=1S/C29H29N3O2/c1-20-11-12-21(2)25(19-20)32-28(33)26(22-9-5-3-6-10-22)27(29(32)34)30-23-13-15-24(16-14-23)31-17-7-4-8-18-31/h3,5-6,9-16,19,30H,4,7-8,17-18H2,1-2H3. The van der Waals surface area contributed by atoms with Crippen molar-refractivity contribution < 1.29 is 9.59 Å². The van der Waals surface area contributed by atoms with Gasteiger partial charge < -0.3 is 10.2 Å². The molecule has 0 saturated carbocycles. The van der Waals surface area contributed by atoms with Crippen LogP contribution >= 0.6 is 0 Å². The molecule has 1 fully saturated rings. The van der Waals surface area contributed by atoms with Crippen molar-refractivity contribution in [3.05, 3.63) is 95.2 Å². The van der Waals surface area contributed by atoms with Crippen LogP contribution in [0.15, 0.2) is 78.5 Å². The highest BCUT2D eigenvalue weighted by Crippen LogP contribution is 2.35. The predicted octanol–water partition coefficient (Wildman–Crippen LogP) is 5.69. The highest BCUT2D eigenvalue weighted by Gasteiger charge is 2.40. The van der Waals surface area contributed by atoms with Crippen LogP contribution in [0.25, 0.3) is 5.57 Å². The number of nitrogens with zero attached hydrogens (tertiary/aromatic N) is 2. The minimum absolute atomic E-state index is 0.308. The second kappa shape index (κ2) is 9.18. The Morgan fingerprint density at radius 1 is 0.765 bits per heavy atom. The average Bonchev–Trinajstić information content (AvgIpc) is 3.11. The molecule has 0 aromatic heterocycles. The zero-order valence-corrected chi connectivity index (χ0v) is 19.7. The number of rotatable bonds is 5. The lowest BCUT2D eigenvalue weighted by atomic mass is 10.0. The molecule has 0 radical (unpaired) electrons. The van der Waals surface area contributed by atoms with E-state index in [4.69, 9.17) is 0 Å². The maximum atomic E-state index is 13.7. The molecular weight excluding hydrogens is 422 g/mol. The Morgan fingerprint density at radius 3 is 2.18 bits per heavy atom. The smallest absolute Gasteiger partial charge is 0.282 e. The molecule has 0 unspecified atom stereocenters. The van der Waals surface area contributed by atoms with Crippen LogP contribution in [0.4, 0.5) is 17.1 Å². The number of aryl methyl sites for hydroxylation is 2. The first kappa shape index (κ1) is 22.0. The van der Waals surface area contributed by atoms with E-state index in [0.717, 1.165) is 35.5 Å². The lowest BCUT2D eigenvalue weighted by Crippen LogP contribution is -2.33. The van der Waals surface area contributed by atoms with Gasteiger partial charge in [-0.05, 0) is 80.1 Å². The van der Waals surface area contributed by atoms with Crippen molar-refractivity contribution in [1.82, 2.24) is 0 Å².